The van der Waals surface area contributed by atoms with Gasteiger partial charge in [-0.05, 0) is 25.7 Å². The number of hydrogen-bond donors (Lipinski definition) is 3. The zero-order chi connectivity index (χ0) is 12.8. The minimum Gasteiger partial charge on any atom is -0.481 e. The van der Waals surface area contributed by atoms with E-state index in [9.17, 15) is 14.4 Å². The van der Waals surface area contributed by atoms with Crippen molar-refractivity contribution in [2.45, 2.75) is 38.6 Å². The molecule has 0 heterocycles. The fourth-order valence-electron chi connectivity index (χ4n) is 1.97. The molecule has 0 bridgehead atoms. The largest absolute Gasteiger partial charge is 0.481 e. The second-order valence-electron chi connectivity index (χ2n) is 4.36. The van der Waals surface area contributed by atoms with Gasteiger partial charge in [0, 0.05) is 13.0 Å². The van der Waals surface area contributed by atoms with Crippen LogP contribution >= 0.6 is 0 Å². The van der Waals surface area contributed by atoms with Crippen LogP contribution in [0.3, 0.4) is 0 Å². The number of carbonyl (C=O) groups excluding carboxylic acids is 2. The van der Waals surface area contributed by atoms with E-state index in [0.29, 0.717) is 25.7 Å². The molecule has 2 amide bonds. The molecule has 6 heteroatoms. The molecule has 96 valence electrons. The lowest BCUT2D eigenvalue weighted by atomic mass is 9.86. The molecule has 0 spiro atoms. The predicted octanol–water partition coefficient (Wildman–Crippen LogP) is -0.118. The molecule has 0 aliphatic heterocycles. The monoisotopic (exact) mass is 242 g/mol. The van der Waals surface area contributed by atoms with E-state index in [1.807, 2.05) is 0 Å². The van der Waals surface area contributed by atoms with Crippen LogP contribution in [-0.2, 0) is 14.4 Å². The summed E-state index contributed by atoms with van der Waals surface area (Å²) in [5, 5.41) is 14.0. The van der Waals surface area contributed by atoms with Crippen molar-refractivity contribution in [2.24, 2.45) is 5.92 Å². The van der Waals surface area contributed by atoms with Crippen LogP contribution in [0.25, 0.3) is 0 Å². The Morgan fingerprint density at radius 3 is 2.24 bits per heavy atom. The van der Waals surface area contributed by atoms with Gasteiger partial charge in [0.15, 0.2) is 0 Å². The van der Waals surface area contributed by atoms with Crippen molar-refractivity contribution in [2.75, 3.05) is 6.54 Å². The average Bonchev–Trinajstić information content (AvgIpc) is 2.27. The molecule has 1 aliphatic carbocycles. The first-order valence-corrected chi connectivity index (χ1v) is 5.75. The summed E-state index contributed by atoms with van der Waals surface area (Å²) >= 11 is 0. The molecule has 1 aliphatic rings. The number of carbonyl (C=O) groups is 3. The lowest BCUT2D eigenvalue weighted by molar-refractivity contribution is -0.142. The number of carboxylic acids is 1. The second kappa shape index (κ2) is 6.22. The minimum atomic E-state index is -0.756. The van der Waals surface area contributed by atoms with Gasteiger partial charge in [0.2, 0.25) is 11.8 Å². The fraction of sp³-hybridized carbons (Fsp3) is 0.727. The van der Waals surface area contributed by atoms with Gasteiger partial charge in [-0.25, -0.2) is 0 Å². The standard InChI is InChI=1S/C11H18N2O4/c1-7(14)12-6-10(15)13-9-4-2-8(3-5-9)11(16)17/h8-9H,2-6H2,1H3,(H,12,14)(H,13,15)(H,16,17). The van der Waals surface area contributed by atoms with Crippen LogP contribution in [-0.4, -0.2) is 35.5 Å². The van der Waals surface area contributed by atoms with E-state index < -0.39 is 5.97 Å². The molecule has 0 unspecified atom stereocenters. The fourth-order valence-corrected chi connectivity index (χ4v) is 1.97. The topological polar surface area (TPSA) is 95.5 Å². The summed E-state index contributed by atoms with van der Waals surface area (Å²) in [6, 6.07) is 0.0341. The molecule has 0 aromatic heterocycles. The zero-order valence-corrected chi connectivity index (χ0v) is 9.86. The van der Waals surface area contributed by atoms with E-state index in [-0.39, 0.29) is 30.3 Å². The molecule has 0 aromatic rings. The predicted molar refractivity (Wildman–Crippen MR) is 60.2 cm³/mol. The number of nitrogens with one attached hydrogen (secondary N) is 2. The Hall–Kier alpha value is -1.59. The molecule has 0 radical (unpaired) electrons. The Balaban J connectivity index is 2.23. The molecule has 0 saturated heterocycles. The van der Waals surface area contributed by atoms with Crippen molar-refractivity contribution in [3.8, 4) is 0 Å². The Bertz CT molecular complexity index is 309. The van der Waals surface area contributed by atoms with Crippen LogP contribution < -0.4 is 10.6 Å². The molecule has 1 saturated carbocycles. The van der Waals surface area contributed by atoms with E-state index in [4.69, 9.17) is 5.11 Å². The maximum atomic E-state index is 11.4. The van der Waals surface area contributed by atoms with Crippen LogP contribution in [0.4, 0.5) is 0 Å². The van der Waals surface area contributed by atoms with Gasteiger partial charge in [-0.3, -0.25) is 14.4 Å². The molecule has 1 rings (SSSR count). The zero-order valence-electron chi connectivity index (χ0n) is 9.86. The smallest absolute Gasteiger partial charge is 0.306 e. The average molecular weight is 242 g/mol. The lowest BCUT2D eigenvalue weighted by Gasteiger charge is -2.26. The molecule has 1 fully saturated rings. The van der Waals surface area contributed by atoms with Crippen LogP contribution in [0.5, 0.6) is 0 Å². The van der Waals surface area contributed by atoms with Gasteiger partial charge >= 0.3 is 5.97 Å². The highest BCUT2D eigenvalue weighted by Gasteiger charge is 2.26. The van der Waals surface area contributed by atoms with Gasteiger partial charge in [-0.2, -0.15) is 0 Å². The molecule has 17 heavy (non-hydrogen) atoms. The third-order valence-electron chi connectivity index (χ3n) is 2.94. The summed E-state index contributed by atoms with van der Waals surface area (Å²) in [6.45, 7) is 1.33. The maximum Gasteiger partial charge on any atom is 0.306 e. The Kier molecular flexibility index (Phi) is 4.93. The first-order valence-electron chi connectivity index (χ1n) is 5.75. The first kappa shape index (κ1) is 13.5. The van der Waals surface area contributed by atoms with Crippen molar-refractivity contribution in [3.63, 3.8) is 0 Å². The molecular formula is C11H18N2O4. The Morgan fingerprint density at radius 1 is 1.18 bits per heavy atom. The van der Waals surface area contributed by atoms with Gasteiger partial charge in [0.05, 0.1) is 12.5 Å². The lowest BCUT2D eigenvalue weighted by Crippen LogP contribution is -2.43. The van der Waals surface area contributed by atoms with E-state index in [1.54, 1.807) is 0 Å². The highest BCUT2D eigenvalue weighted by atomic mass is 16.4. The maximum absolute atomic E-state index is 11.4. The second-order valence-corrected chi connectivity index (χ2v) is 4.36. The molecule has 0 atom stereocenters. The summed E-state index contributed by atoms with van der Waals surface area (Å²) < 4.78 is 0. The van der Waals surface area contributed by atoms with Gasteiger partial charge in [-0.15, -0.1) is 0 Å². The highest BCUT2D eigenvalue weighted by Crippen LogP contribution is 2.24. The third-order valence-corrected chi connectivity index (χ3v) is 2.94. The minimum absolute atomic E-state index is 0.0197. The van der Waals surface area contributed by atoms with Crippen LogP contribution in [0.15, 0.2) is 0 Å². The van der Waals surface area contributed by atoms with E-state index in [2.05, 4.69) is 10.6 Å². The quantitative estimate of drug-likeness (QED) is 0.640. The van der Waals surface area contributed by atoms with Crippen LogP contribution in [0.1, 0.15) is 32.6 Å². The summed E-state index contributed by atoms with van der Waals surface area (Å²) in [5.41, 5.74) is 0. The SMILES string of the molecule is CC(=O)NCC(=O)NC1CCC(C(=O)O)CC1. The number of rotatable bonds is 4. The van der Waals surface area contributed by atoms with Crippen molar-refractivity contribution in [1.82, 2.24) is 10.6 Å². The van der Waals surface area contributed by atoms with E-state index in [1.165, 1.54) is 6.92 Å². The van der Waals surface area contributed by atoms with E-state index >= 15 is 0 Å². The molecule has 0 aromatic carbocycles. The summed E-state index contributed by atoms with van der Waals surface area (Å²) in [4.78, 5) is 32.7. The summed E-state index contributed by atoms with van der Waals surface area (Å²) in [6.07, 6.45) is 2.56. The van der Waals surface area contributed by atoms with Gasteiger partial charge in [0.25, 0.3) is 0 Å². The molecule has 3 N–H and O–H groups in total. The normalized spacial score (nSPS) is 23.8. The highest BCUT2D eigenvalue weighted by molar-refractivity contribution is 5.83. The Labute approximate surface area is 99.8 Å². The van der Waals surface area contributed by atoms with E-state index in [0.717, 1.165) is 0 Å². The van der Waals surface area contributed by atoms with Crippen molar-refractivity contribution < 1.29 is 19.5 Å². The molecular weight excluding hydrogens is 224 g/mol. The summed E-state index contributed by atoms with van der Waals surface area (Å²) in [7, 11) is 0. The van der Waals surface area contributed by atoms with Gasteiger partial charge in [-0.1, -0.05) is 0 Å². The van der Waals surface area contributed by atoms with Crippen LogP contribution in [0, 0.1) is 5.92 Å². The summed E-state index contributed by atoms with van der Waals surface area (Å²) in [5.74, 6) is -1.50. The number of amides is 2. The molecule has 6 nitrogen and oxygen atoms in total. The van der Waals surface area contributed by atoms with Crippen molar-refractivity contribution in [3.05, 3.63) is 0 Å². The van der Waals surface area contributed by atoms with Crippen molar-refractivity contribution in [1.29, 1.82) is 0 Å². The van der Waals surface area contributed by atoms with Crippen molar-refractivity contribution >= 4 is 17.8 Å². The first-order chi connectivity index (χ1) is 7.99. The van der Waals surface area contributed by atoms with Gasteiger partial charge < -0.3 is 15.7 Å². The van der Waals surface area contributed by atoms with Gasteiger partial charge in [0.1, 0.15) is 0 Å². The third kappa shape index (κ3) is 4.84. The number of hydrogen-bond acceptors (Lipinski definition) is 3. The van der Waals surface area contributed by atoms with Crippen LogP contribution in [0.2, 0.25) is 0 Å². The Morgan fingerprint density at radius 2 is 1.76 bits per heavy atom. The number of aliphatic carboxylic acids is 1. The number of carboxylic acid groups (broad SMARTS) is 1.